The predicted octanol–water partition coefficient (Wildman–Crippen LogP) is 2.00. The summed E-state index contributed by atoms with van der Waals surface area (Å²) in [4.78, 5) is 0. The highest BCUT2D eigenvalue weighted by molar-refractivity contribution is 5.35. The maximum absolute atomic E-state index is 9.47. The summed E-state index contributed by atoms with van der Waals surface area (Å²) in [6.45, 7) is 1.48. The zero-order valence-electron chi connectivity index (χ0n) is 10.3. The van der Waals surface area contributed by atoms with Crippen LogP contribution < -0.4 is 5.32 Å². The van der Waals surface area contributed by atoms with Crippen molar-refractivity contribution in [3.8, 4) is 0 Å². The minimum absolute atomic E-state index is 0.110. The van der Waals surface area contributed by atoms with Gasteiger partial charge in [0, 0.05) is 11.5 Å². The molecule has 2 nitrogen and oxygen atoms in total. The fraction of sp³-hybridized carbons (Fsp3) is 0.600. The van der Waals surface area contributed by atoms with Crippen LogP contribution in [0.5, 0.6) is 0 Å². The van der Waals surface area contributed by atoms with Crippen LogP contribution in [0.25, 0.3) is 0 Å². The SMILES string of the molecule is OCC1(c2cccc(CC3CCCN3)c2)CC1. The largest absolute Gasteiger partial charge is 0.395 e. The van der Waals surface area contributed by atoms with Crippen molar-refractivity contribution in [1.82, 2.24) is 5.32 Å². The van der Waals surface area contributed by atoms with E-state index in [1.807, 2.05) is 0 Å². The van der Waals surface area contributed by atoms with Crippen LogP contribution in [0.15, 0.2) is 24.3 Å². The first-order valence-corrected chi connectivity index (χ1v) is 6.76. The summed E-state index contributed by atoms with van der Waals surface area (Å²) in [6.07, 6.45) is 6.04. The summed E-state index contributed by atoms with van der Waals surface area (Å²) in [5, 5.41) is 13.0. The molecule has 0 spiro atoms. The Bertz CT molecular complexity index is 392. The number of hydrogen-bond acceptors (Lipinski definition) is 2. The maximum atomic E-state index is 9.47. The number of aliphatic hydroxyl groups excluding tert-OH is 1. The molecule has 2 aliphatic rings. The van der Waals surface area contributed by atoms with Crippen LogP contribution in [-0.2, 0) is 11.8 Å². The third-order valence-electron chi connectivity index (χ3n) is 4.34. The molecule has 17 heavy (non-hydrogen) atoms. The van der Waals surface area contributed by atoms with Crippen LogP contribution in [0.3, 0.4) is 0 Å². The summed E-state index contributed by atoms with van der Waals surface area (Å²) in [7, 11) is 0. The van der Waals surface area contributed by atoms with Crippen LogP contribution in [0.4, 0.5) is 0 Å². The first kappa shape index (κ1) is 11.2. The van der Waals surface area contributed by atoms with E-state index in [1.165, 1.54) is 30.5 Å². The van der Waals surface area contributed by atoms with Gasteiger partial charge in [0.15, 0.2) is 0 Å². The molecule has 1 heterocycles. The van der Waals surface area contributed by atoms with Crippen LogP contribution in [0.2, 0.25) is 0 Å². The van der Waals surface area contributed by atoms with Crippen molar-refractivity contribution in [3.63, 3.8) is 0 Å². The zero-order valence-corrected chi connectivity index (χ0v) is 10.3. The number of nitrogens with one attached hydrogen (secondary N) is 1. The van der Waals surface area contributed by atoms with E-state index >= 15 is 0 Å². The molecule has 0 bridgehead atoms. The van der Waals surface area contributed by atoms with E-state index in [1.54, 1.807) is 0 Å². The van der Waals surface area contributed by atoms with Crippen LogP contribution in [-0.4, -0.2) is 24.3 Å². The fourth-order valence-corrected chi connectivity index (χ4v) is 2.93. The number of hydrogen-bond donors (Lipinski definition) is 2. The number of rotatable bonds is 4. The summed E-state index contributed by atoms with van der Waals surface area (Å²) in [6, 6.07) is 9.51. The fourth-order valence-electron chi connectivity index (χ4n) is 2.93. The Labute approximate surface area is 103 Å². The monoisotopic (exact) mass is 231 g/mol. The van der Waals surface area contributed by atoms with Gasteiger partial charge in [0.25, 0.3) is 0 Å². The Morgan fingerprint density at radius 3 is 2.88 bits per heavy atom. The number of benzene rings is 1. The molecule has 92 valence electrons. The van der Waals surface area contributed by atoms with Crippen molar-refractivity contribution in [3.05, 3.63) is 35.4 Å². The van der Waals surface area contributed by atoms with Crippen molar-refractivity contribution < 1.29 is 5.11 Å². The molecular formula is C15H21NO. The smallest absolute Gasteiger partial charge is 0.0527 e. The molecule has 0 amide bonds. The number of aliphatic hydroxyl groups is 1. The van der Waals surface area contributed by atoms with Gasteiger partial charge in [-0.2, -0.15) is 0 Å². The van der Waals surface area contributed by atoms with Gasteiger partial charge < -0.3 is 10.4 Å². The molecule has 2 fully saturated rings. The van der Waals surface area contributed by atoms with Crippen molar-refractivity contribution in [1.29, 1.82) is 0 Å². The quantitative estimate of drug-likeness (QED) is 0.831. The normalized spacial score (nSPS) is 26.1. The molecule has 0 aromatic heterocycles. The van der Waals surface area contributed by atoms with Gasteiger partial charge in [0.1, 0.15) is 0 Å². The molecule has 1 atom stereocenters. The van der Waals surface area contributed by atoms with E-state index in [2.05, 4.69) is 29.6 Å². The van der Waals surface area contributed by atoms with E-state index < -0.39 is 0 Å². The summed E-state index contributed by atoms with van der Waals surface area (Å²) in [5.74, 6) is 0. The lowest BCUT2D eigenvalue weighted by molar-refractivity contribution is 0.255. The van der Waals surface area contributed by atoms with E-state index in [4.69, 9.17) is 0 Å². The lowest BCUT2D eigenvalue weighted by Crippen LogP contribution is -2.23. The first-order valence-electron chi connectivity index (χ1n) is 6.76. The first-order chi connectivity index (χ1) is 8.32. The molecule has 1 aromatic rings. The third-order valence-corrected chi connectivity index (χ3v) is 4.34. The second-order valence-corrected chi connectivity index (χ2v) is 5.64. The second-order valence-electron chi connectivity index (χ2n) is 5.64. The lowest BCUT2D eigenvalue weighted by Gasteiger charge is -2.15. The molecule has 1 aromatic carbocycles. The molecule has 1 aliphatic carbocycles. The van der Waals surface area contributed by atoms with Crippen molar-refractivity contribution in [2.45, 2.75) is 43.6 Å². The van der Waals surface area contributed by atoms with E-state index in [0.29, 0.717) is 12.6 Å². The zero-order chi connectivity index (χ0) is 11.7. The Morgan fingerprint density at radius 2 is 2.24 bits per heavy atom. The van der Waals surface area contributed by atoms with Gasteiger partial charge in [-0.1, -0.05) is 24.3 Å². The van der Waals surface area contributed by atoms with E-state index in [9.17, 15) is 5.11 Å². The molecule has 1 saturated carbocycles. The molecular weight excluding hydrogens is 210 g/mol. The van der Waals surface area contributed by atoms with Gasteiger partial charge in [-0.3, -0.25) is 0 Å². The van der Waals surface area contributed by atoms with Crippen molar-refractivity contribution in [2.24, 2.45) is 0 Å². The molecule has 2 N–H and O–H groups in total. The average molecular weight is 231 g/mol. The van der Waals surface area contributed by atoms with Crippen LogP contribution in [0, 0.1) is 0 Å². The van der Waals surface area contributed by atoms with Gasteiger partial charge in [-0.15, -0.1) is 0 Å². The van der Waals surface area contributed by atoms with Gasteiger partial charge in [-0.25, -0.2) is 0 Å². The topological polar surface area (TPSA) is 32.3 Å². The van der Waals surface area contributed by atoms with Gasteiger partial charge in [0.05, 0.1) is 6.61 Å². The van der Waals surface area contributed by atoms with Crippen LogP contribution >= 0.6 is 0 Å². The second kappa shape index (κ2) is 4.43. The Hall–Kier alpha value is -0.860. The van der Waals surface area contributed by atoms with Gasteiger partial charge in [-0.05, 0) is 49.8 Å². The van der Waals surface area contributed by atoms with Crippen molar-refractivity contribution in [2.75, 3.05) is 13.2 Å². The van der Waals surface area contributed by atoms with Crippen LogP contribution in [0.1, 0.15) is 36.8 Å². The minimum atomic E-state index is 0.110. The standard InChI is InChI=1S/C15H21NO/c17-11-15(6-7-15)13-4-1-3-12(9-13)10-14-5-2-8-16-14/h1,3-4,9,14,16-17H,2,5-8,10-11H2. The molecule has 3 rings (SSSR count). The van der Waals surface area contributed by atoms with E-state index in [-0.39, 0.29) is 5.41 Å². The lowest BCUT2D eigenvalue weighted by atomic mass is 9.93. The molecule has 1 saturated heterocycles. The van der Waals surface area contributed by atoms with Gasteiger partial charge >= 0.3 is 0 Å². The molecule has 0 radical (unpaired) electrons. The van der Waals surface area contributed by atoms with Gasteiger partial charge in [0.2, 0.25) is 0 Å². The minimum Gasteiger partial charge on any atom is -0.395 e. The summed E-state index contributed by atoms with van der Waals surface area (Å²) >= 11 is 0. The molecule has 1 aliphatic heterocycles. The van der Waals surface area contributed by atoms with Crippen molar-refractivity contribution >= 4 is 0 Å². The third kappa shape index (κ3) is 2.24. The maximum Gasteiger partial charge on any atom is 0.0527 e. The highest BCUT2D eigenvalue weighted by atomic mass is 16.3. The molecule has 1 unspecified atom stereocenters. The predicted molar refractivity (Wildman–Crippen MR) is 69.2 cm³/mol. The Kier molecular flexibility index (Phi) is 2.93. The Balaban J connectivity index is 1.74. The summed E-state index contributed by atoms with van der Waals surface area (Å²) < 4.78 is 0. The highest BCUT2D eigenvalue weighted by Crippen LogP contribution is 2.47. The molecule has 2 heteroatoms. The van der Waals surface area contributed by atoms with E-state index in [0.717, 1.165) is 19.3 Å². The Morgan fingerprint density at radius 1 is 1.35 bits per heavy atom. The highest BCUT2D eigenvalue weighted by Gasteiger charge is 2.43. The average Bonchev–Trinajstić information content (AvgIpc) is 3.02. The summed E-state index contributed by atoms with van der Waals surface area (Å²) in [5.41, 5.74) is 2.87.